The lowest BCUT2D eigenvalue weighted by Crippen LogP contribution is -2.41. The number of esters is 1. The number of nitrogens with two attached hydrogens (primary N) is 1. The van der Waals surface area contributed by atoms with Crippen LogP contribution < -0.4 is 5.73 Å². The summed E-state index contributed by atoms with van der Waals surface area (Å²) in [5.74, 6) is -0.615. The van der Waals surface area contributed by atoms with Gasteiger partial charge in [0.2, 0.25) is 0 Å². The maximum Gasteiger partial charge on any atom is 0.314 e. The highest BCUT2D eigenvalue weighted by Crippen LogP contribution is 2.28. The highest BCUT2D eigenvalue weighted by Gasteiger charge is 2.36. The van der Waals surface area contributed by atoms with E-state index in [1.165, 1.54) is 12.1 Å². The summed E-state index contributed by atoms with van der Waals surface area (Å²) in [5.41, 5.74) is 7.76. The van der Waals surface area contributed by atoms with Crippen LogP contribution in [0.4, 0.5) is 4.39 Å². The van der Waals surface area contributed by atoms with Crippen LogP contribution >= 0.6 is 11.6 Å². The lowest BCUT2D eigenvalue weighted by Gasteiger charge is -2.29. The first kappa shape index (κ1) is 23.3. The van der Waals surface area contributed by atoms with E-state index in [2.05, 4.69) is 0 Å². The largest absolute Gasteiger partial charge is 0.466 e. The fourth-order valence-corrected chi connectivity index (χ4v) is 3.50. The van der Waals surface area contributed by atoms with Gasteiger partial charge in [0.05, 0.1) is 18.6 Å². The van der Waals surface area contributed by atoms with Crippen molar-refractivity contribution < 1.29 is 18.7 Å². The first-order valence-corrected chi connectivity index (χ1v) is 10.2. The second-order valence-electron chi connectivity index (χ2n) is 7.41. The Balaban J connectivity index is 2.08. The van der Waals surface area contributed by atoms with Crippen LogP contribution in [-0.4, -0.2) is 31.8 Å². The van der Waals surface area contributed by atoms with E-state index in [1.54, 1.807) is 13.0 Å². The van der Waals surface area contributed by atoms with Crippen LogP contribution in [0.5, 0.6) is 0 Å². The fraction of sp³-hybridized carbons (Fsp3) is 0.435. The van der Waals surface area contributed by atoms with E-state index in [4.69, 9.17) is 26.8 Å². The second-order valence-corrected chi connectivity index (χ2v) is 7.84. The average molecular weight is 422 g/mol. The van der Waals surface area contributed by atoms with Gasteiger partial charge < -0.3 is 15.2 Å². The van der Waals surface area contributed by atoms with Crippen LogP contribution in [0.15, 0.2) is 42.5 Å². The van der Waals surface area contributed by atoms with Crippen LogP contribution in [0.1, 0.15) is 32.8 Å². The Morgan fingerprint density at radius 3 is 2.48 bits per heavy atom. The van der Waals surface area contributed by atoms with Crippen molar-refractivity contribution in [2.45, 2.75) is 39.7 Å². The molecule has 6 heteroatoms. The standard InChI is InChI=1S/C23H29ClFNO3/c1-4-28-15-23(3,22(27)29-5-2)14-19(26)12-16-6-8-17(9-7-16)20-13-18(24)10-11-21(20)25/h6-11,13,19H,4-5,12,14-15,26H2,1-3H3. The Morgan fingerprint density at radius 2 is 1.86 bits per heavy atom. The van der Waals surface area contributed by atoms with Crippen molar-refractivity contribution >= 4 is 17.6 Å². The fourth-order valence-electron chi connectivity index (χ4n) is 3.33. The summed E-state index contributed by atoms with van der Waals surface area (Å²) in [6.07, 6.45) is 1.02. The summed E-state index contributed by atoms with van der Waals surface area (Å²) in [6.45, 7) is 6.59. The molecule has 0 aliphatic heterocycles. The number of ether oxygens (including phenoxy) is 2. The minimum Gasteiger partial charge on any atom is -0.466 e. The summed E-state index contributed by atoms with van der Waals surface area (Å²) in [7, 11) is 0. The van der Waals surface area contributed by atoms with Gasteiger partial charge in [-0.25, -0.2) is 4.39 Å². The van der Waals surface area contributed by atoms with E-state index >= 15 is 0 Å². The molecule has 0 fully saturated rings. The molecule has 0 aliphatic rings. The Bertz CT molecular complexity index is 812. The lowest BCUT2D eigenvalue weighted by molar-refractivity contribution is -0.159. The normalized spacial score (nSPS) is 14.3. The first-order chi connectivity index (χ1) is 13.8. The summed E-state index contributed by atoms with van der Waals surface area (Å²) in [6, 6.07) is 11.8. The van der Waals surface area contributed by atoms with E-state index in [9.17, 15) is 9.18 Å². The number of benzene rings is 2. The molecular weight excluding hydrogens is 393 g/mol. The molecule has 158 valence electrons. The molecule has 4 nitrogen and oxygen atoms in total. The number of halogens is 2. The number of hydrogen-bond donors (Lipinski definition) is 1. The quantitative estimate of drug-likeness (QED) is 0.547. The van der Waals surface area contributed by atoms with Crippen molar-refractivity contribution in [3.63, 3.8) is 0 Å². The Morgan fingerprint density at radius 1 is 1.17 bits per heavy atom. The summed E-state index contributed by atoms with van der Waals surface area (Å²) in [5, 5.41) is 0.486. The smallest absolute Gasteiger partial charge is 0.314 e. The van der Waals surface area contributed by atoms with E-state index in [1.807, 2.05) is 38.1 Å². The van der Waals surface area contributed by atoms with Crippen molar-refractivity contribution in [3.05, 3.63) is 58.9 Å². The van der Waals surface area contributed by atoms with Crippen LogP contribution in [0.3, 0.4) is 0 Å². The predicted octanol–water partition coefficient (Wildman–Crippen LogP) is 5.01. The molecule has 0 aliphatic carbocycles. The van der Waals surface area contributed by atoms with E-state index in [-0.39, 0.29) is 24.4 Å². The van der Waals surface area contributed by atoms with Crippen molar-refractivity contribution in [3.8, 4) is 11.1 Å². The molecular formula is C23H29ClFNO3. The molecule has 0 spiro atoms. The maximum absolute atomic E-state index is 14.1. The van der Waals surface area contributed by atoms with Crippen LogP contribution in [0.2, 0.25) is 5.02 Å². The third kappa shape index (κ3) is 6.53. The van der Waals surface area contributed by atoms with Gasteiger partial charge in [0.25, 0.3) is 0 Å². The molecule has 2 atom stereocenters. The van der Waals surface area contributed by atoms with Crippen molar-refractivity contribution in [2.24, 2.45) is 11.1 Å². The Labute approximate surface area is 177 Å². The van der Waals surface area contributed by atoms with Gasteiger partial charge in [0.15, 0.2) is 0 Å². The molecule has 0 heterocycles. The molecule has 2 aromatic rings. The molecule has 0 radical (unpaired) electrons. The lowest BCUT2D eigenvalue weighted by atomic mass is 9.82. The monoisotopic (exact) mass is 421 g/mol. The Kier molecular flexibility index (Phi) is 8.62. The van der Waals surface area contributed by atoms with Crippen molar-refractivity contribution in [1.29, 1.82) is 0 Å². The molecule has 0 aromatic heterocycles. The first-order valence-electron chi connectivity index (χ1n) is 9.84. The molecule has 2 unspecified atom stereocenters. The van der Waals surface area contributed by atoms with Gasteiger partial charge in [-0.3, -0.25) is 4.79 Å². The number of rotatable bonds is 10. The van der Waals surface area contributed by atoms with Crippen LogP contribution in [-0.2, 0) is 20.7 Å². The summed E-state index contributed by atoms with van der Waals surface area (Å²) in [4.78, 5) is 12.4. The Hall–Kier alpha value is -1.95. The van der Waals surface area contributed by atoms with Gasteiger partial charge in [-0.2, -0.15) is 0 Å². The van der Waals surface area contributed by atoms with Gasteiger partial charge in [-0.05, 0) is 62.9 Å². The third-order valence-electron chi connectivity index (χ3n) is 4.80. The van der Waals surface area contributed by atoms with E-state index in [0.29, 0.717) is 36.6 Å². The highest BCUT2D eigenvalue weighted by atomic mass is 35.5. The van der Waals surface area contributed by atoms with E-state index in [0.717, 1.165) is 11.1 Å². The van der Waals surface area contributed by atoms with E-state index < -0.39 is 5.41 Å². The molecule has 0 bridgehead atoms. The molecule has 2 rings (SSSR count). The zero-order valence-electron chi connectivity index (χ0n) is 17.2. The SMILES string of the molecule is CCOCC(C)(CC(N)Cc1ccc(-c2cc(Cl)ccc2F)cc1)C(=O)OCC. The molecule has 0 saturated heterocycles. The zero-order chi connectivity index (χ0) is 21.4. The molecule has 0 saturated carbocycles. The highest BCUT2D eigenvalue weighted by molar-refractivity contribution is 6.30. The van der Waals surface area contributed by atoms with Gasteiger partial charge in [0, 0.05) is 23.2 Å². The molecule has 29 heavy (non-hydrogen) atoms. The zero-order valence-corrected chi connectivity index (χ0v) is 18.0. The minimum atomic E-state index is -0.796. The number of carbonyl (C=O) groups excluding carboxylic acids is 1. The minimum absolute atomic E-state index is 0.251. The number of carbonyl (C=O) groups is 1. The summed E-state index contributed by atoms with van der Waals surface area (Å²) >= 11 is 5.98. The van der Waals surface area contributed by atoms with Crippen LogP contribution in [0, 0.1) is 11.2 Å². The molecule has 0 amide bonds. The second kappa shape index (κ2) is 10.7. The maximum atomic E-state index is 14.1. The van der Waals surface area contributed by atoms with Gasteiger partial charge >= 0.3 is 5.97 Å². The van der Waals surface area contributed by atoms with Crippen molar-refractivity contribution in [2.75, 3.05) is 19.8 Å². The number of hydrogen-bond acceptors (Lipinski definition) is 4. The topological polar surface area (TPSA) is 61.5 Å². The van der Waals surface area contributed by atoms with Gasteiger partial charge in [-0.1, -0.05) is 35.9 Å². The predicted molar refractivity (Wildman–Crippen MR) is 114 cm³/mol. The summed E-state index contributed by atoms with van der Waals surface area (Å²) < 4.78 is 24.8. The molecule has 2 aromatic carbocycles. The van der Waals surface area contributed by atoms with Crippen molar-refractivity contribution in [1.82, 2.24) is 0 Å². The average Bonchev–Trinajstić information content (AvgIpc) is 2.69. The van der Waals surface area contributed by atoms with Crippen LogP contribution in [0.25, 0.3) is 11.1 Å². The van der Waals surface area contributed by atoms with Gasteiger partial charge in [0.1, 0.15) is 5.82 Å². The third-order valence-corrected chi connectivity index (χ3v) is 5.03. The van der Waals surface area contributed by atoms with Gasteiger partial charge in [-0.15, -0.1) is 0 Å². The molecule has 2 N–H and O–H groups in total.